The zero-order chi connectivity index (χ0) is 11.9. The molecule has 1 nitrogen and oxygen atoms in total. The highest BCUT2D eigenvalue weighted by Gasteiger charge is 1.95. The third kappa shape index (κ3) is 3.75. The molecule has 0 heterocycles. The van der Waals surface area contributed by atoms with Crippen LogP contribution in [0.15, 0.2) is 59.5 Å². The van der Waals surface area contributed by atoms with Gasteiger partial charge in [-0.25, -0.2) is 0 Å². The number of aryl methyl sites for hydroxylation is 1. The zero-order valence-corrected chi connectivity index (χ0v) is 10.4. The maximum atomic E-state index is 7.14. The Hall–Kier alpha value is -1.54. The van der Waals surface area contributed by atoms with Gasteiger partial charge in [0.05, 0.1) is 0 Å². The summed E-state index contributed by atoms with van der Waals surface area (Å²) < 4.78 is 0. The highest BCUT2D eigenvalue weighted by molar-refractivity contribution is 7.99. The summed E-state index contributed by atoms with van der Waals surface area (Å²) in [6, 6.07) is 18.7. The molecule has 86 valence electrons. The van der Waals surface area contributed by atoms with Crippen LogP contribution in [0.1, 0.15) is 11.1 Å². The van der Waals surface area contributed by atoms with Crippen LogP contribution in [0.5, 0.6) is 0 Å². The van der Waals surface area contributed by atoms with Crippen LogP contribution in [-0.2, 0) is 6.42 Å². The topological polar surface area (TPSA) is 23.9 Å². The molecule has 17 heavy (non-hydrogen) atoms. The highest BCUT2D eigenvalue weighted by atomic mass is 32.2. The lowest BCUT2D eigenvalue weighted by molar-refractivity contribution is 1.15. The van der Waals surface area contributed by atoms with Crippen molar-refractivity contribution >= 4 is 18.0 Å². The average Bonchev–Trinajstić information content (AvgIpc) is 2.41. The van der Waals surface area contributed by atoms with E-state index < -0.39 is 0 Å². The molecule has 0 amide bonds. The second kappa shape index (κ2) is 6.26. The Morgan fingerprint density at radius 1 is 0.941 bits per heavy atom. The van der Waals surface area contributed by atoms with Crippen molar-refractivity contribution in [3.05, 3.63) is 65.7 Å². The van der Waals surface area contributed by atoms with E-state index in [1.54, 1.807) is 0 Å². The van der Waals surface area contributed by atoms with Crippen LogP contribution in [0.2, 0.25) is 0 Å². The summed E-state index contributed by atoms with van der Waals surface area (Å²) in [5.41, 5.74) is 2.29. The number of benzene rings is 2. The molecule has 0 saturated carbocycles. The third-order valence-electron chi connectivity index (χ3n) is 2.55. The van der Waals surface area contributed by atoms with Crippen molar-refractivity contribution in [2.75, 3.05) is 5.75 Å². The van der Waals surface area contributed by atoms with Crippen LogP contribution in [0.4, 0.5) is 0 Å². The number of hydrogen-bond donors (Lipinski definition) is 1. The van der Waals surface area contributed by atoms with Crippen molar-refractivity contribution in [2.45, 2.75) is 11.3 Å². The van der Waals surface area contributed by atoms with Gasteiger partial charge >= 0.3 is 0 Å². The van der Waals surface area contributed by atoms with E-state index in [1.807, 2.05) is 30.0 Å². The molecule has 0 aliphatic heterocycles. The molecule has 0 bridgehead atoms. The Morgan fingerprint density at radius 3 is 2.29 bits per heavy atom. The lowest BCUT2D eigenvalue weighted by atomic mass is 10.1. The quantitative estimate of drug-likeness (QED) is 0.620. The summed E-state index contributed by atoms with van der Waals surface area (Å²) in [6.07, 6.45) is 2.44. The summed E-state index contributed by atoms with van der Waals surface area (Å²) in [4.78, 5) is 1.32. The van der Waals surface area contributed by atoms with E-state index in [-0.39, 0.29) is 0 Å². The number of hydrogen-bond acceptors (Lipinski definition) is 2. The number of nitrogens with one attached hydrogen (secondary N) is 1. The first-order valence-corrected chi connectivity index (χ1v) is 6.64. The summed E-state index contributed by atoms with van der Waals surface area (Å²) in [6.45, 7) is 0. The van der Waals surface area contributed by atoms with Crippen molar-refractivity contribution < 1.29 is 0 Å². The summed E-state index contributed by atoms with van der Waals surface area (Å²) in [5, 5.41) is 7.14. The van der Waals surface area contributed by atoms with E-state index >= 15 is 0 Å². The van der Waals surface area contributed by atoms with E-state index in [1.165, 1.54) is 16.7 Å². The number of thioether (sulfide) groups is 1. The van der Waals surface area contributed by atoms with Gasteiger partial charge in [0.2, 0.25) is 0 Å². The molecule has 0 atom stereocenters. The maximum Gasteiger partial charge on any atom is 0.0250 e. The van der Waals surface area contributed by atoms with E-state index in [9.17, 15) is 0 Å². The summed E-state index contributed by atoms with van der Waals surface area (Å²) in [5.74, 6) is 1.09. The van der Waals surface area contributed by atoms with Crippen molar-refractivity contribution in [3.8, 4) is 0 Å². The van der Waals surface area contributed by atoms with E-state index in [4.69, 9.17) is 5.41 Å². The fraction of sp³-hybridized carbons (Fsp3) is 0.133. The molecule has 0 saturated heterocycles. The average molecular weight is 241 g/mol. The summed E-state index contributed by atoms with van der Waals surface area (Å²) in [7, 11) is 0. The predicted molar refractivity (Wildman–Crippen MR) is 75.2 cm³/mol. The van der Waals surface area contributed by atoms with Crippen LogP contribution in [0.25, 0.3) is 0 Å². The van der Waals surface area contributed by atoms with Crippen LogP contribution < -0.4 is 0 Å². The second-order valence-corrected chi connectivity index (χ2v) is 4.97. The molecular weight excluding hydrogens is 226 g/mol. The Kier molecular flexibility index (Phi) is 4.39. The van der Waals surface area contributed by atoms with Gasteiger partial charge in [-0.1, -0.05) is 42.5 Å². The van der Waals surface area contributed by atoms with Crippen LogP contribution in [0.3, 0.4) is 0 Å². The molecule has 0 unspecified atom stereocenters. The third-order valence-corrected chi connectivity index (χ3v) is 3.56. The van der Waals surface area contributed by atoms with Crippen LogP contribution in [-0.4, -0.2) is 12.0 Å². The minimum absolute atomic E-state index is 0.962. The molecule has 2 aromatic carbocycles. The van der Waals surface area contributed by atoms with Gasteiger partial charge in [-0.05, 0) is 29.7 Å². The van der Waals surface area contributed by atoms with Gasteiger partial charge in [0, 0.05) is 16.9 Å². The van der Waals surface area contributed by atoms with Crippen molar-refractivity contribution in [1.82, 2.24) is 0 Å². The van der Waals surface area contributed by atoms with Crippen molar-refractivity contribution in [3.63, 3.8) is 0 Å². The SMILES string of the molecule is N=Cc1ccc(CCSc2ccccc2)cc1. The van der Waals surface area contributed by atoms with E-state index in [0.717, 1.165) is 17.7 Å². The standard InChI is InChI=1S/C15H15NS/c16-12-14-8-6-13(7-9-14)10-11-17-15-4-2-1-3-5-15/h1-9,12,16H,10-11H2. The monoisotopic (exact) mass is 241 g/mol. The van der Waals surface area contributed by atoms with Gasteiger partial charge < -0.3 is 5.41 Å². The molecule has 0 radical (unpaired) electrons. The molecular formula is C15H15NS. The van der Waals surface area contributed by atoms with E-state index in [2.05, 4.69) is 36.4 Å². The largest absolute Gasteiger partial charge is 0.308 e. The smallest absolute Gasteiger partial charge is 0.0250 e. The van der Waals surface area contributed by atoms with Crippen LogP contribution in [0, 0.1) is 5.41 Å². The molecule has 2 heteroatoms. The van der Waals surface area contributed by atoms with Gasteiger partial charge in [-0.3, -0.25) is 0 Å². The molecule has 1 N–H and O–H groups in total. The minimum Gasteiger partial charge on any atom is -0.308 e. The van der Waals surface area contributed by atoms with Crippen molar-refractivity contribution in [1.29, 1.82) is 5.41 Å². The molecule has 0 aromatic heterocycles. The van der Waals surface area contributed by atoms with Gasteiger partial charge in [-0.2, -0.15) is 0 Å². The molecule has 0 fully saturated rings. The Labute approximate surface area is 106 Å². The van der Waals surface area contributed by atoms with Gasteiger partial charge in [0.1, 0.15) is 0 Å². The summed E-state index contributed by atoms with van der Waals surface area (Å²) >= 11 is 1.88. The molecule has 0 aliphatic carbocycles. The fourth-order valence-corrected chi connectivity index (χ4v) is 2.51. The zero-order valence-electron chi connectivity index (χ0n) is 9.60. The fourth-order valence-electron chi connectivity index (χ4n) is 1.58. The molecule has 2 rings (SSSR count). The van der Waals surface area contributed by atoms with E-state index in [0.29, 0.717) is 0 Å². The lowest BCUT2D eigenvalue weighted by Gasteiger charge is -2.02. The van der Waals surface area contributed by atoms with Crippen LogP contribution >= 0.6 is 11.8 Å². The number of rotatable bonds is 5. The van der Waals surface area contributed by atoms with Gasteiger partial charge in [0.25, 0.3) is 0 Å². The Morgan fingerprint density at radius 2 is 1.65 bits per heavy atom. The minimum atomic E-state index is 0.962. The molecule has 2 aromatic rings. The maximum absolute atomic E-state index is 7.14. The normalized spacial score (nSPS) is 10.1. The Bertz CT molecular complexity index is 462. The first kappa shape index (κ1) is 11.9. The Balaban J connectivity index is 1.84. The van der Waals surface area contributed by atoms with Gasteiger partial charge in [-0.15, -0.1) is 11.8 Å². The highest BCUT2D eigenvalue weighted by Crippen LogP contribution is 2.18. The molecule has 0 spiro atoms. The first-order valence-electron chi connectivity index (χ1n) is 5.66. The van der Waals surface area contributed by atoms with Crippen molar-refractivity contribution in [2.24, 2.45) is 0 Å². The van der Waals surface area contributed by atoms with Gasteiger partial charge in [0.15, 0.2) is 0 Å². The second-order valence-electron chi connectivity index (χ2n) is 3.80. The lowest BCUT2D eigenvalue weighted by Crippen LogP contribution is -1.89. The first-order chi connectivity index (χ1) is 8.38. The molecule has 0 aliphatic rings. The predicted octanol–water partition coefficient (Wildman–Crippen LogP) is 4.02.